The van der Waals surface area contributed by atoms with Gasteiger partial charge in [0.15, 0.2) is 0 Å². The molecule has 0 saturated heterocycles. The minimum absolute atomic E-state index is 0.109. The third-order valence-corrected chi connectivity index (χ3v) is 3.13. The molecule has 4 nitrogen and oxygen atoms in total. The lowest BCUT2D eigenvalue weighted by atomic mass is 10.1. The average molecular weight is 278 g/mol. The van der Waals surface area contributed by atoms with Crippen LogP contribution in [0.5, 0.6) is 0 Å². The lowest BCUT2D eigenvalue weighted by molar-refractivity contribution is 0.423. The molecule has 4 heteroatoms. The highest BCUT2D eigenvalue weighted by atomic mass is 15.2. The Hall–Kier alpha value is -1.16. The van der Waals surface area contributed by atoms with E-state index in [4.69, 9.17) is 0 Å². The Labute approximate surface area is 124 Å². The first-order valence-electron chi connectivity index (χ1n) is 7.55. The van der Waals surface area contributed by atoms with Crippen molar-refractivity contribution in [2.75, 3.05) is 18.0 Å². The Balaban J connectivity index is 2.81. The van der Waals surface area contributed by atoms with Crippen molar-refractivity contribution in [1.82, 2.24) is 15.3 Å². The monoisotopic (exact) mass is 278 g/mol. The molecule has 0 aromatic carbocycles. The van der Waals surface area contributed by atoms with Gasteiger partial charge in [-0.25, -0.2) is 9.97 Å². The fourth-order valence-corrected chi connectivity index (χ4v) is 1.96. The van der Waals surface area contributed by atoms with E-state index < -0.39 is 0 Å². The molecule has 1 aromatic heterocycles. The fourth-order valence-electron chi connectivity index (χ4n) is 1.96. The van der Waals surface area contributed by atoms with Crippen molar-refractivity contribution in [3.63, 3.8) is 0 Å². The summed E-state index contributed by atoms with van der Waals surface area (Å²) in [5.41, 5.74) is 2.34. The molecule has 0 spiro atoms. The van der Waals surface area contributed by atoms with Gasteiger partial charge in [0.1, 0.15) is 0 Å². The SMILES string of the molecule is CCN(CC(C)C)c1ncc(CNC(C)(C)C)c(C)n1. The highest BCUT2D eigenvalue weighted by molar-refractivity contribution is 5.32. The Morgan fingerprint density at radius 1 is 1.30 bits per heavy atom. The second-order valence-electron chi connectivity index (χ2n) is 6.82. The number of anilines is 1. The van der Waals surface area contributed by atoms with Crippen LogP contribution in [0.4, 0.5) is 5.95 Å². The fraction of sp³-hybridized carbons (Fsp3) is 0.750. The van der Waals surface area contributed by atoms with Crippen molar-refractivity contribution in [3.8, 4) is 0 Å². The molecular formula is C16H30N4. The zero-order chi connectivity index (χ0) is 15.3. The number of nitrogens with one attached hydrogen (secondary N) is 1. The topological polar surface area (TPSA) is 41.1 Å². The third-order valence-electron chi connectivity index (χ3n) is 3.13. The van der Waals surface area contributed by atoms with Gasteiger partial charge in [-0.15, -0.1) is 0 Å². The van der Waals surface area contributed by atoms with Gasteiger partial charge in [-0.3, -0.25) is 0 Å². The molecule has 20 heavy (non-hydrogen) atoms. The van der Waals surface area contributed by atoms with Gasteiger partial charge in [-0.05, 0) is 40.5 Å². The first-order valence-corrected chi connectivity index (χ1v) is 7.55. The van der Waals surface area contributed by atoms with Crippen molar-refractivity contribution in [1.29, 1.82) is 0 Å². The summed E-state index contributed by atoms with van der Waals surface area (Å²) in [6.07, 6.45) is 1.96. The summed E-state index contributed by atoms with van der Waals surface area (Å²) in [7, 11) is 0. The van der Waals surface area contributed by atoms with Crippen LogP contribution in [0.25, 0.3) is 0 Å². The maximum atomic E-state index is 4.67. The summed E-state index contributed by atoms with van der Waals surface area (Å²) in [4.78, 5) is 11.4. The van der Waals surface area contributed by atoms with Crippen molar-refractivity contribution in [2.45, 2.75) is 60.5 Å². The lowest BCUT2D eigenvalue weighted by Crippen LogP contribution is -2.35. The molecule has 0 saturated carbocycles. The van der Waals surface area contributed by atoms with Crippen molar-refractivity contribution >= 4 is 5.95 Å². The zero-order valence-corrected chi connectivity index (χ0v) is 14.1. The molecule has 0 radical (unpaired) electrons. The maximum Gasteiger partial charge on any atom is 0.225 e. The summed E-state index contributed by atoms with van der Waals surface area (Å²) in [6, 6.07) is 0. The van der Waals surface area contributed by atoms with Crippen LogP contribution in [0.3, 0.4) is 0 Å². The first-order chi connectivity index (χ1) is 9.23. The first kappa shape index (κ1) is 16.9. The van der Waals surface area contributed by atoms with Gasteiger partial charge in [-0.1, -0.05) is 13.8 Å². The predicted molar refractivity (Wildman–Crippen MR) is 86.1 cm³/mol. The summed E-state index contributed by atoms with van der Waals surface area (Å²) in [5, 5.41) is 3.48. The van der Waals surface area contributed by atoms with Crippen LogP contribution in [0.15, 0.2) is 6.20 Å². The molecule has 0 fully saturated rings. The number of aryl methyl sites for hydroxylation is 1. The minimum Gasteiger partial charge on any atom is -0.341 e. The molecule has 1 heterocycles. The Morgan fingerprint density at radius 3 is 2.40 bits per heavy atom. The Kier molecular flexibility index (Phi) is 5.93. The van der Waals surface area contributed by atoms with E-state index in [1.165, 1.54) is 5.56 Å². The molecule has 0 amide bonds. The number of hydrogen-bond donors (Lipinski definition) is 1. The predicted octanol–water partition coefficient (Wildman–Crippen LogP) is 3.16. The van der Waals surface area contributed by atoms with E-state index in [0.717, 1.165) is 31.3 Å². The van der Waals surface area contributed by atoms with Crippen LogP contribution >= 0.6 is 0 Å². The quantitative estimate of drug-likeness (QED) is 0.868. The number of hydrogen-bond acceptors (Lipinski definition) is 4. The van der Waals surface area contributed by atoms with Crippen molar-refractivity contribution in [2.24, 2.45) is 5.92 Å². The summed E-state index contributed by atoms with van der Waals surface area (Å²) in [6.45, 7) is 17.9. The van der Waals surface area contributed by atoms with Crippen molar-refractivity contribution in [3.05, 3.63) is 17.5 Å². The Bertz CT molecular complexity index is 421. The van der Waals surface area contributed by atoms with Crippen LogP contribution in [0, 0.1) is 12.8 Å². The minimum atomic E-state index is 0.109. The summed E-state index contributed by atoms with van der Waals surface area (Å²) in [5.74, 6) is 1.46. The molecule has 0 atom stereocenters. The molecular weight excluding hydrogens is 248 g/mol. The molecule has 0 aliphatic carbocycles. The molecule has 1 N–H and O–H groups in total. The molecule has 0 aliphatic heterocycles. The van der Waals surface area contributed by atoms with Gasteiger partial charge >= 0.3 is 0 Å². The number of rotatable bonds is 6. The van der Waals surface area contributed by atoms with E-state index >= 15 is 0 Å². The van der Waals surface area contributed by atoms with Gasteiger partial charge in [0.25, 0.3) is 0 Å². The molecule has 0 bridgehead atoms. The smallest absolute Gasteiger partial charge is 0.225 e. The maximum absolute atomic E-state index is 4.67. The molecule has 0 aliphatic rings. The van der Waals surface area contributed by atoms with E-state index in [2.05, 4.69) is 68.7 Å². The van der Waals surface area contributed by atoms with Crippen LogP contribution in [-0.4, -0.2) is 28.6 Å². The van der Waals surface area contributed by atoms with E-state index in [0.29, 0.717) is 5.92 Å². The van der Waals surface area contributed by atoms with Gasteiger partial charge in [0.05, 0.1) is 0 Å². The van der Waals surface area contributed by atoms with Gasteiger partial charge in [-0.2, -0.15) is 0 Å². The Morgan fingerprint density at radius 2 is 1.95 bits per heavy atom. The normalized spacial score (nSPS) is 12.0. The van der Waals surface area contributed by atoms with Gasteiger partial charge < -0.3 is 10.2 Å². The summed E-state index contributed by atoms with van der Waals surface area (Å²) >= 11 is 0. The van der Waals surface area contributed by atoms with Gasteiger partial charge in [0.2, 0.25) is 5.95 Å². The van der Waals surface area contributed by atoms with Crippen molar-refractivity contribution < 1.29 is 0 Å². The highest BCUT2D eigenvalue weighted by Gasteiger charge is 2.13. The standard InChI is InChI=1S/C16H30N4/c1-8-20(11-12(2)3)15-17-9-14(13(4)19-15)10-18-16(5,6)7/h9,12,18H,8,10-11H2,1-7H3. The average Bonchev–Trinajstić information content (AvgIpc) is 2.33. The number of aromatic nitrogens is 2. The van der Waals surface area contributed by atoms with E-state index in [1.54, 1.807) is 0 Å². The van der Waals surface area contributed by atoms with Gasteiger partial charge in [0, 0.05) is 42.6 Å². The highest BCUT2D eigenvalue weighted by Crippen LogP contribution is 2.13. The third kappa shape index (κ3) is 5.45. The molecule has 1 rings (SSSR count). The molecule has 0 unspecified atom stereocenters. The lowest BCUT2D eigenvalue weighted by Gasteiger charge is -2.24. The second-order valence-corrected chi connectivity index (χ2v) is 6.82. The largest absolute Gasteiger partial charge is 0.341 e. The summed E-state index contributed by atoms with van der Waals surface area (Å²) < 4.78 is 0. The second kappa shape index (κ2) is 7.02. The van der Waals surface area contributed by atoms with E-state index in [1.807, 2.05) is 6.20 Å². The van der Waals surface area contributed by atoms with Crippen LogP contribution in [-0.2, 0) is 6.54 Å². The molecule has 1 aromatic rings. The number of nitrogens with zero attached hydrogens (tertiary/aromatic N) is 3. The van der Waals surface area contributed by atoms with E-state index in [9.17, 15) is 0 Å². The van der Waals surface area contributed by atoms with Crippen LogP contribution in [0.1, 0.15) is 52.8 Å². The van der Waals surface area contributed by atoms with Crippen LogP contribution in [0.2, 0.25) is 0 Å². The molecule has 114 valence electrons. The zero-order valence-electron chi connectivity index (χ0n) is 14.1. The van der Waals surface area contributed by atoms with Crippen LogP contribution < -0.4 is 10.2 Å². The van der Waals surface area contributed by atoms with E-state index in [-0.39, 0.29) is 5.54 Å².